The number of carbonyl (C=O) groups is 2. The third kappa shape index (κ3) is 7.58. The van der Waals surface area contributed by atoms with Gasteiger partial charge in [0, 0.05) is 48.6 Å². The van der Waals surface area contributed by atoms with Gasteiger partial charge >= 0.3 is 0 Å². The van der Waals surface area contributed by atoms with Crippen LogP contribution in [0.1, 0.15) is 85.3 Å². The van der Waals surface area contributed by atoms with Crippen molar-refractivity contribution in [1.82, 2.24) is 9.62 Å². The Bertz CT molecular complexity index is 1890. The summed E-state index contributed by atoms with van der Waals surface area (Å²) in [5.74, 6) is 1.32. The number of anilines is 1. The highest BCUT2D eigenvalue weighted by atomic mass is 35.5. The average Bonchev–Trinajstić information content (AvgIpc) is 3.24. The van der Waals surface area contributed by atoms with E-state index in [1.807, 2.05) is 41.3 Å². The molecule has 1 saturated carbocycles. The number of hydrogen-bond donors (Lipinski definition) is 1. The molecule has 1 spiro atoms. The van der Waals surface area contributed by atoms with Crippen LogP contribution in [0.5, 0.6) is 11.5 Å². The van der Waals surface area contributed by atoms with E-state index in [1.54, 1.807) is 26.2 Å². The molecule has 2 aliphatic heterocycles. The molecule has 4 atom stereocenters. The van der Waals surface area contributed by atoms with Crippen LogP contribution in [-0.2, 0) is 33.2 Å². The quantitative estimate of drug-likeness (QED) is 0.311. The van der Waals surface area contributed by atoms with Crippen LogP contribution in [0.25, 0.3) is 0 Å². The molecule has 272 valence electrons. The number of nitrogens with zero attached hydrogens (tertiary/aromatic N) is 2. The number of carbonyl (C=O) groups excluding carboxylic acids is 2. The monoisotopic (exact) mass is 733 g/mol. The number of halogens is 1. The first-order valence-electron chi connectivity index (χ1n) is 18.3. The van der Waals surface area contributed by atoms with E-state index in [1.165, 1.54) is 11.1 Å². The smallest absolute Gasteiger partial charge is 0.264 e. The second-order valence-corrected chi connectivity index (χ2v) is 17.2. The van der Waals surface area contributed by atoms with Gasteiger partial charge < -0.3 is 19.3 Å². The second kappa shape index (κ2) is 14.7. The minimum Gasteiger partial charge on any atom is -0.497 e. The van der Waals surface area contributed by atoms with Gasteiger partial charge in [0.1, 0.15) is 11.5 Å². The fourth-order valence-electron chi connectivity index (χ4n) is 8.93. The first kappa shape index (κ1) is 35.6. The molecule has 11 heteroatoms. The topological polar surface area (TPSA) is 105 Å². The zero-order valence-electron chi connectivity index (χ0n) is 29.5. The molecule has 1 fully saturated rings. The summed E-state index contributed by atoms with van der Waals surface area (Å²) < 4.78 is 40.4. The molecule has 2 amide bonds. The lowest BCUT2D eigenvalue weighted by atomic mass is 9.67. The van der Waals surface area contributed by atoms with Crippen LogP contribution in [0.4, 0.5) is 5.69 Å². The highest BCUT2D eigenvalue weighted by Crippen LogP contribution is 2.47. The standard InChI is InChI=1S/C40H48ClN3O6S/c1-27(45)44(23-28-9-14-33(49-2)15-10-28)36-8-4-3-5-20-51(47,48)42-39(46)30-12-18-38-37(22-30)43(24-31-11-16-34(31)36)25-40(26-50-38)19-6-7-29-21-32(41)13-17-35(29)40/h9-10,12-15,17-18,21-22,31,34,36H,3-8,11,16,19-20,23-26H2,1-2H3,(H,42,46)/t31-,34+,36-,40-/m0/s1. The lowest BCUT2D eigenvalue weighted by molar-refractivity contribution is -0.135. The van der Waals surface area contributed by atoms with Gasteiger partial charge in [0.05, 0.1) is 25.2 Å². The number of ether oxygens (including phenoxy) is 2. The number of fused-ring (bicyclic) bond motifs is 4. The van der Waals surface area contributed by atoms with Gasteiger partial charge in [-0.1, -0.05) is 42.6 Å². The number of methoxy groups -OCH3 is 1. The van der Waals surface area contributed by atoms with Gasteiger partial charge in [-0.15, -0.1) is 0 Å². The minimum absolute atomic E-state index is 0.00751. The Hall–Kier alpha value is -3.76. The third-order valence-corrected chi connectivity index (χ3v) is 13.3. The van der Waals surface area contributed by atoms with Crippen molar-refractivity contribution in [1.29, 1.82) is 0 Å². The van der Waals surface area contributed by atoms with Crippen LogP contribution < -0.4 is 19.1 Å². The summed E-state index contributed by atoms with van der Waals surface area (Å²) >= 11 is 6.47. The predicted octanol–water partition coefficient (Wildman–Crippen LogP) is 6.90. The number of sulfonamides is 1. The van der Waals surface area contributed by atoms with Crippen LogP contribution in [0, 0.1) is 11.8 Å². The minimum atomic E-state index is -3.84. The van der Waals surface area contributed by atoms with E-state index < -0.39 is 15.9 Å². The van der Waals surface area contributed by atoms with Crippen molar-refractivity contribution in [2.24, 2.45) is 11.8 Å². The number of nitrogens with one attached hydrogen (secondary N) is 1. The molecule has 3 aromatic carbocycles. The van der Waals surface area contributed by atoms with E-state index in [0.717, 1.165) is 73.5 Å². The van der Waals surface area contributed by atoms with Crippen molar-refractivity contribution < 1.29 is 27.5 Å². The normalized spacial score (nSPS) is 26.0. The van der Waals surface area contributed by atoms with Gasteiger partial charge in [-0.2, -0.15) is 0 Å². The maximum atomic E-state index is 13.4. The molecule has 2 aliphatic carbocycles. The molecule has 51 heavy (non-hydrogen) atoms. The molecule has 0 radical (unpaired) electrons. The summed E-state index contributed by atoms with van der Waals surface area (Å²) in [6, 6.07) is 19.4. The van der Waals surface area contributed by atoms with Gasteiger partial charge in [0.25, 0.3) is 5.91 Å². The number of benzene rings is 3. The number of hydrogen-bond acceptors (Lipinski definition) is 7. The Labute approximate surface area is 306 Å². The maximum absolute atomic E-state index is 13.4. The molecular formula is C40H48ClN3O6S. The summed E-state index contributed by atoms with van der Waals surface area (Å²) in [6.07, 6.45) is 7.67. The highest BCUT2D eigenvalue weighted by molar-refractivity contribution is 7.90. The van der Waals surface area contributed by atoms with E-state index in [9.17, 15) is 18.0 Å². The molecule has 0 saturated heterocycles. The number of rotatable bonds is 4. The van der Waals surface area contributed by atoms with E-state index in [4.69, 9.17) is 21.1 Å². The summed E-state index contributed by atoms with van der Waals surface area (Å²) in [7, 11) is -2.19. The SMILES string of the molecule is COc1ccc(CN(C(C)=O)[C@H]2CCCCCS(=O)(=O)NC(=O)c3ccc4c(c3)N(C[C@@H]3CC[C@H]32)C[C@@]2(CCCc3cc(Cl)ccc32)CO4)cc1. The van der Waals surface area contributed by atoms with E-state index in [2.05, 4.69) is 21.8 Å². The molecule has 1 N–H and O–H groups in total. The zero-order valence-corrected chi connectivity index (χ0v) is 31.1. The van der Waals surface area contributed by atoms with Crippen molar-refractivity contribution >= 4 is 39.1 Å². The van der Waals surface area contributed by atoms with Gasteiger partial charge in [0.15, 0.2) is 0 Å². The Morgan fingerprint density at radius 3 is 2.61 bits per heavy atom. The molecular weight excluding hydrogens is 686 g/mol. The maximum Gasteiger partial charge on any atom is 0.264 e. The van der Waals surface area contributed by atoms with Gasteiger partial charge in [0.2, 0.25) is 15.9 Å². The van der Waals surface area contributed by atoms with Crippen molar-refractivity contribution in [3.05, 3.63) is 87.9 Å². The van der Waals surface area contributed by atoms with Crippen molar-refractivity contribution in [3.8, 4) is 11.5 Å². The molecule has 2 heterocycles. The summed E-state index contributed by atoms with van der Waals surface area (Å²) in [4.78, 5) is 31.3. The van der Waals surface area contributed by atoms with Crippen LogP contribution in [0.2, 0.25) is 5.02 Å². The lowest BCUT2D eigenvalue weighted by Gasteiger charge is -2.49. The van der Waals surface area contributed by atoms with Crippen LogP contribution >= 0.6 is 11.6 Å². The Morgan fingerprint density at radius 1 is 1.04 bits per heavy atom. The van der Waals surface area contributed by atoms with Crippen molar-refractivity contribution in [2.45, 2.75) is 82.7 Å². The van der Waals surface area contributed by atoms with Crippen molar-refractivity contribution in [2.75, 3.05) is 37.5 Å². The number of amides is 2. The molecule has 7 rings (SSSR count). The van der Waals surface area contributed by atoms with E-state index in [0.29, 0.717) is 44.2 Å². The largest absolute Gasteiger partial charge is 0.497 e. The molecule has 9 nitrogen and oxygen atoms in total. The molecule has 3 aromatic rings. The van der Waals surface area contributed by atoms with Gasteiger partial charge in [-0.25, -0.2) is 13.1 Å². The third-order valence-electron chi connectivity index (χ3n) is 11.7. The van der Waals surface area contributed by atoms with Crippen molar-refractivity contribution in [3.63, 3.8) is 0 Å². The molecule has 0 aromatic heterocycles. The van der Waals surface area contributed by atoms with Gasteiger partial charge in [-0.3, -0.25) is 9.59 Å². The lowest BCUT2D eigenvalue weighted by Crippen LogP contribution is -2.53. The second-order valence-electron chi connectivity index (χ2n) is 15.0. The summed E-state index contributed by atoms with van der Waals surface area (Å²) in [5.41, 5.74) is 4.35. The molecule has 0 unspecified atom stereocenters. The van der Waals surface area contributed by atoms with Gasteiger partial charge in [-0.05, 0) is 116 Å². The Balaban J connectivity index is 1.27. The molecule has 2 bridgehead atoms. The fourth-order valence-corrected chi connectivity index (χ4v) is 10.2. The zero-order chi connectivity index (χ0) is 35.8. The van der Waals surface area contributed by atoms with E-state index >= 15 is 0 Å². The summed E-state index contributed by atoms with van der Waals surface area (Å²) in [6.45, 7) is 4.07. The average molecular weight is 734 g/mol. The summed E-state index contributed by atoms with van der Waals surface area (Å²) in [5, 5.41) is 0.729. The number of aryl methyl sites for hydroxylation is 1. The van der Waals surface area contributed by atoms with E-state index in [-0.39, 0.29) is 34.6 Å². The predicted molar refractivity (Wildman–Crippen MR) is 199 cm³/mol. The van der Waals surface area contributed by atoms with Crippen LogP contribution in [0.3, 0.4) is 0 Å². The highest BCUT2D eigenvalue weighted by Gasteiger charge is 2.45. The molecule has 4 aliphatic rings. The fraction of sp³-hybridized carbons (Fsp3) is 0.500. The van der Waals surface area contributed by atoms with Crippen LogP contribution in [-0.4, -0.2) is 63.7 Å². The first-order valence-corrected chi connectivity index (χ1v) is 20.3. The Morgan fingerprint density at radius 2 is 1.86 bits per heavy atom. The first-order chi connectivity index (χ1) is 24.5. The Kier molecular flexibility index (Phi) is 10.3. The van der Waals surface area contributed by atoms with Crippen LogP contribution in [0.15, 0.2) is 60.7 Å².